The number of pyridine rings is 2. The number of para-hydroxylation sites is 2. The van der Waals surface area contributed by atoms with E-state index < -0.39 is 0 Å². The van der Waals surface area contributed by atoms with E-state index in [4.69, 9.17) is 14.6 Å². The molecule has 4 heterocycles. The SMILES string of the molecule is C=CC(C)C1c2cc(-c3ccncc3)cnc2N=[N+]1C1COc2ccccc2O1. The van der Waals surface area contributed by atoms with E-state index in [9.17, 15) is 0 Å². The van der Waals surface area contributed by atoms with Crippen LogP contribution in [0.25, 0.3) is 11.1 Å². The first-order chi connectivity index (χ1) is 14.2. The second-order valence-electron chi connectivity index (χ2n) is 7.22. The molecule has 0 N–H and O–H groups in total. The Labute approximate surface area is 169 Å². The summed E-state index contributed by atoms with van der Waals surface area (Å²) in [7, 11) is 0. The van der Waals surface area contributed by atoms with E-state index in [-0.39, 0.29) is 18.2 Å². The predicted octanol–water partition coefficient (Wildman–Crippen LogP) is 4.91. The van der Waals surface area contributed by atoms with Crippen LogP contribution in [-0.4, -0.2) is 27.5 Å². The molecule has 0 saturated heterocycles. The smallest absolute Gasteiger partial charge is 0.356 e. The van der Waals surface area contributed by atoms with Crippen LogP contribution >= 0.6 is 0 Å². The Kier molecular flexibility index (Phi) is 4.31. The van der Waals surface area contributed by atoms with Gasteiger partial charge < -0.3 is 9.47 Å². The topological polar surface area (TPSA) is 59.6 Å². The molecule has 6 heteroatoms. The minimum absolute atomic E-state index is 0.0318. The zero-order chi connectivity index (χ0) is 19.8. The van der Waals surface area contributed by atoms with Crippen molar-refractivity contribution in [2.24, 2.45) is 11.0 Å². The monoisotopic (exact) mass is 385 g/mol. The molecule has 0 spiro atoms. The normalized spacial score (nSPS) is 20.5. The van der Waals surface area contributed by atoms with Gasteiger partial charge >= 0.3 is 6.23 Å². The highest BCUT2D eigenvalue weighted by molar-refractivity contribution is 5.65. The predicted molar refractivity (Wildman–Crippen MR) is 108 cm³/mol. The minimum atomic E-state index is -0.337. The zero-order valence-electron chi connectivity index (χ0n) is 16.1. The van der Waals surface area contributed by atoms with Crippen LogP contribution in [0.3, 0.4) is 0 Å². The van der Waals surface area contributed by atoms with E-state index in [0.717, 1.165) is 28.2 Å². The van der Waals surface area contributed by atoms with Gasteiger partial charge in [0.2, 0.25) is 11.9 Å². The van der Waals surface area contributed by atoms with E-state index >= 15 is 0 Å². The molecule has 5 rings (SSSR count). The fourth-order valence-electron chi connectivity index (χ4n) is 3.83. The van der Waals surface area contributed by atoms with Gasteiger partial charge in [-0.2, -0.15) is 0 Å². The third-order valence-electron chi connectivity index (χ3n) is 5.38. The van der Waals surface area contributed by atoms with Gasteiger partial charge in [-0.25, -0.2) is 4.98 Å². The number of nitrogens with zero attached hydrogens (tertiary/aromatic N) is 4. The van der Waals surface area contributed by atoms with Gasteiger partial charge in [0, 0.05) is 35.2 Å². The average molecular weight is 385 g/mol. The van der Waals surface area contributed by atoms with Crippen molar-refractivity contribution < 1.29 is 14.2 Å². The molecule has 144 valence electrons. The maximum absolute atomic E-state index is 6.22. The van der Waals surface area contributed by atoms with Crippen molar-refractivity contribution in [1.29, 1.82) is 0 Å². The van der Waals surface area contributed by atoms with Crippen molar-refractivity contribution in [3.05, 3.63) is 79.3 Å². The highest BCUT2D eigenvalue weighted by Gasteiger charge is 2.46. The molecule has 0 radical (unpaired) electrons. The molecule has 2 aliphatic heterocycles. The lowest BCUT2D eigenvalue weighted by Gasteiger charge is -2.25. The summed E-state index contributed by atoms with van der Waals surface area (Å²) in [6.45, 7) is 6.53. The fraction of sp³-hybridized carbons (Fsp3) is 0.217. The van der Waals surface area contributed by atoms with Gasteiger partial charge in [0.1, 0.15) is 0 Å². The van der Waals surface area contributed by atoms with Crippen LogP contribution in [0.2, 0.25) is 0 Å². The summed E-state index contributed by atoms with van der Waals surface area (Å²) in [6, 6.07) is 13.8. The summed E-state index contributed by atoms with van der Waals surface area (Å²) < 4.78 is 14.1. The van der Waals surface area contributed by atoms with Crippen molar-refractivity contribution in [2.75, 3.05) is 6.61 Å². The number of azo groups is 2. The van der Waals surface area contributed by atoms with Crippen LogP contribution in [0.1, 0.15) is 18.5 Å². The number of rotatable bonds is 4. The van der Waals surface area contributed by atoms with Gasteiger partial charge in [-0.3, -0.25) is 4.98 Å². The first kappa shape index (κ1) is 17.6. The molecular formula is C23H21N4O2+. The van der Waals surface area contributed by atoms with Gasteiger partial charge in [-0.1, -0.05) is 29.8 Å². The Bertz CT molecular complexity index is 1100. The lowest BCUT2D eigenvalue weighted by atomic mass is 9.93. The third kappa shape index (κ3) is 3.06. The summed E-state index contributed by atoms with van der Waals surface area (Å²) in [6.07, 6.45) is 7.03. The standard InChI is InChI=1S/C23H21N4O2/c1-3-15(2)22-18-12-17(16-8-10-24-11-9-16)13-25-23(18)26-27(22)21-14-28-19-6-4-5-7-20(19)29-21/h3-13,15,21-22H,1,14H2,2H3/q+1. The molecule has 3 unspecified atom stereocenters. The number of hydrogen-bond donors (Lipinski definition) is 0. The van der Waals surface area contributed by atoms with Crippen molar-refractivity contribution in [3.8, 4) is 22.6 Å². The minimum Gasteiger partial charge on any atom is -0.478 e. The largest absolute Gasteiger partial charge is 0.478 e. The summed E-state index contributed by atoms with van der Waals surface area (Å²) in [5, 5.41) is 4.79. The Balaban J connectivity index is 1.52. The van der Waals surface area contributed by atoms with Crippen LogP contribution < -0.4 is 9.47 Å². The molecule has 3 atom stereocenters. The second-order valence-corrected chi connectivity index (χ2v) is 7.22. The first-order valence-corrected chi connectivity index (χ1v) is 9.66. The maximum Gasteiger partial charge on any atom is 0.356 e. The highest BCUT2D eigenvalue weighted by Crippen LogP contribution is 2.43. The maximum atomic E-state index is 6.22. The van der Waals surface area contributed by atoms with Crippen LogP contribution in [0.15, 0.2) is 78.8 Å². The Hall–Kier alpha value is -3.54. The van der Waals surface area contributed by atoms with E-state index in [1.54, 1.807) is 12.4 Å². The van der Waals surface area contributed by atoms with Gasteiger partial charge in [-0.05, 0) is 35.9 Å². The van der Waals surface area contributed by atoms with Gasteiger partial charge in [0.15, 0.2) is 18.1 Å². The number of hydrogen-bond acceptors (Lipinski definition) is 5. The molecule has 0 saturated carbocycles. The van der Waals surface area contributed by atoms with Crippen molar-refractivity contribution in [1.82, 2.24) is 9.97 Å². The van der Waals surface area contributed by atoms with Crippen LogP contribution in [0, 0.1) is 5.92 Å². The zero-order valence-corrected chi connectivity index (χ0v) is 16.1. The molecule has 2 aromatic heterocycles. The van der Waals surface area contributed by atoms with Gasteiger partial charge in [0.05, 0.1) is 5.56 Å². The van der Waals surface area contributed by atoms with Crippen molar-refractivity contribution >= 4 is 5.82 Å². The molecule has 1 aromatic carbocycles. The Morgan fingerprint density at radius 1 is 1.14 bits per heavy atom. The third-order valence-corrected chi connectivity index (χ3v) is 5.38. The first-order valence-electron chi connectivity index (χ1n) is 9.66. The molecule has 6 nitrogen and oxygen atoms in total. The summed E-state index contributed by atoms with van der Waals surface area (Å²) in [4.78, 5) is 8.73. The van der Waals surface area contributed by atoms with Gasteiger partial charge in [0.25, 0.3) is 0 Å². The number of ether oxygens (including phenoxy) is 2. The number of benzene rings is 1. The summed E-state index contributed by atoms with van der Waals surface area (Å²) in [5.74, 6) is 2.34. The summed E-state index contributed by atoms with van der Waals surface area (Å²) >= 11 is 0. The average Bonchev–Trinajstić information content (AvgIpc) is 3.17. The lowest BCUT2D eigenvalue weighted by molar-refractivity contribution is -0.692. The van der Waals surface area contributed by atoms with E-state index in [1.807, 2.05) is 53.4 Å². The second kappa shape index (κ2) is 7.13. The number of fused-ring (bicyclic) bond motifs is 2. The van der Waals surface area contributed by atoms with Crippen LogP contribution in [0.5, 0.6) is 11.5 Å². The number of aromatic nitrogens is 2. The molecular weight excluding hydrogens is 364 g/mol. The lowest BCUT2D eigenvalue weighted by Crippen LogP contribution is -2.40. The van der Waals surface area contributed by atoms with Crippen LogP contribution in [0.4, 0.5) is 5.82 Å². The van der Waals surface area contributed by atoms with E-state index in [1.165, 1.54) is 0 Å². The molecule has 29 heavy (non-hydrogen) atoms. The Morgan fingerprint density at radius 2 is 1.93 bits per heavy atom. The van der Waals surface area contributed by atoms with E-state index in [2.05, 4.69) is 29.5 Å². The fourth-order valence-corrected chi connectivity index (χ4v) is 3.83. The molecule has 0 aliphatic carbocycles. The van der Waals surface area contributed by atoms with E-state index in [0.29, 0.717) is 12.4 Å². The highest BCUT2D eigenvalue weighted by atomic mass is 16.6. The molecule has 0 bridgehead atoms. The van der Waals surface area contributed by atoms with Crippen molar-refractivity contribution in [2.45, 2.75) is 19.2 Å². The van der Waals surface area contributed by atoms with Crippen molar-refractivity contribution in [3.63, 3.8) is 0 Å². The molecule has 0 fully saturated rings. The molecule has 2 aliphatic rings. The van der Waals surface area contributed by atoms with Crippen LogP contribution in [-0.2, 0) is 0 Å². The quantitative estimate of drug-likeness (QED) is 0.473. The molecule has 3 aromatic rings. The Morgan fingerprint density at radius 3 is 2.72 bits per heavy atom. The molecule has 0 amide bonds. The summed E-state index contributed by atoms with van der Waals surface area (Å²) in [5.41, 5.74) is 3.18. The van der Waals surface area contributed by atoms with Gasteiger partial charge in [-0.15, -0.1) is 6.58 Å².